The molecule has 0 aromatic heterocycles. The maximum atomic E-state index is 3.00. The van der Waals surface area contributed by atoms with Crippen LogP contribution in [0.5, 0.6) is 0 Å². The van der Waals surface area contributed by atoms with Crippen LogP contribution in [-0.2, 0) is 22.4 Å². The van der Waals surface area contributed by atoms with Gasteiger partial charge in [-0.25, -0.2) is 12.2 Å². The van der Waals surface area contributed by atoms with E-state index in [0.717, 1.165) is 6.42 Å². The molecule has 1 heteroatoms. The van der Waals surface area contributed by atoms with Crippen molar-refractivity contribution in [2.45, 2.75) is 6.42 Å². The third kappa shape index (κ3) is 5.96. The Morgan fingerprint density at radius 3 is 2.12 bits per heavy atom. The molecule has 0 unspecified atom stereocenters. The first-order valence-corrected chi connectivity index (χ1v) is 2.22. The Kier molecular flexibility index (Phi) is 13.6. The second-order valence-corrected chi connectivity index (χ2v) is 1.00. The van der Waals surface area contributed by atoms with Gasteiger partial charge in [0.25, 0.3) is 0 Å². The second-order valence-electron chi connectivity index (χ2n) is 1.00. The van der Waals surface area contributed by atoms with E-state index in [4.69, 9.17) is 0 Å². The smallest absolute Gasteiger partial charge is 0.273 e. The van der Waals surface area contributed by atoms with E-state index in [1.54, 1.807) is 0 Å². The van der Waals surface area contributed by atoms with Gasteiger partial charge < -0.3 is 0 Å². The SMILES string of the molecule is C=C.[Au+].[C-]1=CC=CC1. The largest absolute Gasteiger partial charge is 1.00 e. The zero-order valence-electron chi connectivity index (χ0n) is 4.65. The second kappa shape index (κ2) is 10.0. The van der Waals surface area contributed by atoms with E-state index in [9.17, 15) is 0 Å². The molecule has 0 nitrogen and oxygen atoms in total. The van der Waals surface area contributed by atoms with Gasteiger partial charge in [0.15, 0.2) is 0 Å². The first kappa shape index (κ1) is 10.9. The van der Waals surface area contributed by atoms with Gasteiger partial charge in [-0.3, -0.25) is 6.08 Å². The molecule has 0 saturated heterocycles. The molecule has 0 bridgehead atoms. The summed E-state index contributed by atoms with van der Waals surface area (Å²) in [4.78, 5) is 0. The Bertz CT molecular complexity index is 72.4. The van der Waals surface area contributed by atoms with Crippen molar-refractivity contribution in [2.24, 2.45) is 0 Å². The maximum Gasteiger partial charge on any atom is 1.00 e. The Labute approximate surface area is 66.5 Å². The van der Waals surface area contributed by atoms with Crippen molar-refractivity contribution in [2.75, 3.05) is 0 Å². The van der Waals surface area contributed by atoms with Gasteiger partial charge in [-0.15, -0.1) is 19.6 Å². The molecule has 0 N–H and O–H groups in total. The van der Waals surface area contributed by atoms with Crippen molar-refractivity contribution in [3.8, 4) is 0 Å². The van der Waals surface area contributed by atoms with Crippen molar-refractivity contribution in [3.63, 3.8) is 0 Å². The molecule has 0 heterocycles. The van der Waals surface area contributed by atoms with Crippen LogP contribution in [0.4, 0.5) is 0 Å². The normalized spacial score (nSPS) is 11.5. The molecule has 0 atom stereocenters. The first-order chi connectivity index (χ1) is 3.50. The standard InChI is InChI=1S/C5H5.C2H4.Au/c1-2-4-5-3-1;1-2;/h1-3H,4H2;1-2H2;/q-1;;+1. The van der Waals surface area contributed by atoms with Crippen LogP contribution in [0.1, 0.15) is 6.42 Å². The quantitative estimate of drug-likeness (QED) is 0.364. The van der Waals surface area contributed by atoms with Crippen LogP contribution in [0.3, 0.4) is 0 Å². The maximum absolute atomic E-state index is 3.00. The fourth-order valence-corrected chi connectivity index (χ4v) is 0.340. The van der Waals surface area contributed by atoms with Gasteiger partial charge in [0.05, 0.1) is 0 Å². The van der Waals surface area contributed by atoms with Gasteiger partial charge in [-0.2, -0.15) is 6.08 Å². The van der Waals surface area contributed by atoms with E-state index in [-0.39, 0.29) is 22.4 Å². The number of rotatable bonds is 0. The third-order valence-corrected chi connectivity index (χ3v) is 0.586. The van der Waals surface area contributed by atoms with Crippen molar-refractivity contribution in [3.05, 3.63) is 37.5 Å². The molecule has 0 aromatic carbocycles. The summed E-state index contributed by atoms with van der Waals surface area (Å²) in [7, 11) is 0. The predicted molar refractivity (Wildman–Crippen MR) is 32.8 cm³/mol. The van der Waals surface area contributed by atoms with Crippen LogP contribution in [0, 0.1) is 6.08 Å². The molecule has 1 aliphatic rings. The molecule has 0 amide bonds. The minimum absolute atomic E-state index is 0. The van der Waals surface area contributed by atoms with Crippen LogP contribution >= 0.6 is 0 Å². The molecule has 1 rings (SSSR count). The Morgan fingerprint density at radius 1 is 1.38 bits per heavy atom. The molecule has 1 aliphatic carbocycles. The van der Waals surface area contributed by atoms with E-state index in [1.165, 1.54) is 0 Å². The molecular weight excluding hydrogens is 281 g/mol. The summed E-state index contributed by atoms with van der Waals surface area (Å²) in [6, 6.07) is 0. The van der Waals surface area contributed by atoms with Crippen LogP contribution in [-0.4, -0.2) is 0 Å². The summed E-state index contributed by atoms with van der Waals surface area (Å²) >= 11 is 0. The topological polar surface area (TPSA) is 0 Å². The average molecular weight is 290 g/mol. The summed E-state index contributed by atoms with van der Waals surface area (Å²) in [6.07, 6.45) is 10.0. The molecule has 0 spiro atoms. The van der Waals surface area contributed by atoms with Gasteiger partial charge in [0.2, 0.25) is 0 Å². The van der Waals surface area contributed by atoms with Gasteiger partial charge in [0.1, 0.15) is 0 Å². The summed E-state index contributed by atoms with van der Waals surface area (Å²) in [5.74, 6) is 0. The Morgan fingerprint density at radius 2 is 2.00 bits per heavy atom. The minimum Gasteiger partial charge on any atom is -0.273 e. The van der Waals surface area contributed by atoms with Crippen LogP contribution < -0.4 is 0 Å². The molecule has 0 aliphatic heterocycles. The van der Waals surface area contributed by atoms with E-state index in [0.29, 0.717) is 0 Å². The zero-order valence-corrected chi connectivity index (χ0v) is 6.82. The molecule has 0 aromatic rings. The van der Waals surface area contributed by atoms with Crippen molar-refractivity contribution < 1.29 is 22.4 Å². The summed E-state index contributed by atoms with van der Waals surface area (Å²) in [6.45, 7) is 6.00. The van der Waals surface area contributed by atoms with Crippen LogP contribution in [0.25, 0.3) is 0 Å². The molecule has 8 heavy (non-hydrogen) atoms. The van der Waals surface area contributed by atoms with Gasteiger partial charge in [-0.05, 0) is 0 Å². The van der Waals surface area contributed by atoms with Gasteiger partial charge >= 0.3 is 22.4 Å². The fourth-order valence-electron chi connectivity index (χ4n) is 0.340. The summed E-state index contributed by atoms with van der Waals surface area (Å²) in [5.41, 5.74) is 0. The summed E-state index contributed by atoms with van der Waals surface area (Å²) < 4.78 is 0. The number of hydrogen-bond donors (Lipinski definition) is 0. The van der Waals surface area contributed by atoms with Crippen molar-refractivity contribution in [1.82, 2.24) is 0 Å². The van der Waals surface area contributed by atoms with Crippen molar-refractivity contribution >= 4 is 0 Å². The van der Waals surface area contributed by atoms with E-state index >= 15 is 0 Å². The van der Waals surface area contributed by atoms with E-state index in [1.807, 2.05) is 12.2 Å². The van der Waals surface area contributed by atoms with E-state index < -0.39 is 0 Å². The Balaban J connectivity index is 0. The minimum atomic E-state index is 0. The van der Waals surface area contributed by atoms with Crippen molar-refractivity contribution in [1.29, 1.82) is 0 Å². The molecular formula is C7H9Au. The average Bonchev–Trinajstić information content (AvgIpc) is 2.23. The first-order valence-electron chi connectivity index (χ1n) is 2.22. The number of allylic oxidation sites excluding steroid dienone is 4. The van der Waals surface area contributed by atoms with Crippen LogP contribution in [0.2, 0.25) is 0 Å². The number of hydrogen-bond acceptors (Lipinski definition) is 0. The predicted octanol–water partition coefficient (Wildman–Crippen LogP) is 2.11. The molecule has 0 fully saturated rings. The third-order valence-electron chi connectivity index (χ3n) is 0.586. The molecule has 0 saturated carbocycles. The van der Waals surface area contributed by atoms with Gasteiger partial charge in [-0.1, -0.05) is 0 Å². The monoisotopic (exact) mass is 290 g/mol. The summed E-state index contributed by atoms with van der Waals surface area (Å²) in [5, 5.41) is 0. The zero-order chi connectivity index (χ0) is 5.54. The Hall–Kier alpha value is -0.0397. The van der Waals surface area contributed by atoms with E-state index in [2.05, 4.69) is 25.3 Å². The van der Waals surface area contributed by atoms with Crippen LogP contribution in [0.15, 0.2) is 31.4 Å². The fraction of sp³-hybridized carbons (Fsp3) is 0.143. The molecule has 0 radical (unpaired) electrons. The molecule has 48 valence electrons. The van der Waals surface area contributed by atoms with Gasteiger partial charge in [0, 0.05) is 0 Å².